The minimum absolute atomic E-state index is 0.832. The van der Waals surface area contributed by atoms with Crippen molar-refractivity contribution in [2.45, 2.75) is 25.7 Å². The molecule has 1 fully saturated rings. The van der Waals surface area contributed by atoms with E-state index in [4.69, 9.17) is 4.98 Å². The van der Waals surface area contributed by atoms with Crippen LogP contribution in [0.2, 0.25) is 0 Å². The van der Waals surface area contributed by atoms with Crippen LogP contribution in [0.25, 0.3) is 11.6 Å². The van der Waals surface area contributed by atoms with Crippen molar-refractivity contribution in [2.24, 2.45) is 5.92 Å². The SMILES string of the molecule is C1=CCC2=c3nc(CC4CCNCC4)sc3=CC2=C1. The molecule has 2 aliphatic carbocycles. The van der Waals surface area contributed by atoms with E-state index in [0.29, 0.717) is 0 Å². The van der Waals surface area contributed by atoms with Crippen LogP contribution in [0.5, 0.6) is 0 Å². The average molecular weight is 270 g/mol. The molecule has 1 aliphatic heterocycles. The van der Waals surface area contributed by atoms with E-state index >= 15 is 0 Å². The van der Waals surface area contributed by atoms with Crippen molar-refractivity contribution in [3.8, 4) is 0 Å². The molecule has 0 unspecified atom stereocenters. The molecule has 98 valence electrons. The largest absolute Gasteiger partial charge is 0.317 e. The van der Waals surface area contributed by atoms with Gasteiger partial charge in [0.25, 0.3) is 0 Å². The van der Waals surface area contributed by atoms with E-state index < -0.39 is 0 Å². The first kappa shape index (κ1) is 11.6. The third kappa shape index (κ3) is 2.11. The monoisotopic (exact) mass is 270 g/mol. The summed E-state index contributed by atoms with van der Waals surface area (Å²) < 4.78 is 1.38. The van der Waals surface area contributed by atoms with Gasteiger partial charge in [-0.3, -0.25) is 0 Å². The van der Waals surface area contributed by atoms with Crippen molar-refractivity contribution in [3.05, 3.63) is 38.7 Å². The second-order valence-corrected chi connectivity index (χ2v) is 6.71. The van der Waals surface area contributed by atoms with Gasteiger partial charge in [0.15, 0.2) is 0 Å². The number of nitrogens with zero attached hydrogens (tertiary/aromatic N) is 1. The highest BCUT2D eigenvalue weighted by atomic mass is 32.1. The number of thiazole rings is 1. The summed E-state index contributed by atoms with van der Waals surface area (Å²) in [6, 6.07) is 0. The van der Waals surface area contributed by atoms with Crippen molar-refractivity contribution in [2.75, 3.05) is 13.1 Å². The van der Waals surface area contributed by atoms with E-state index in [1.165, 1.54) is 58.4 Å². The van der Waals surface area contributed by atoms with Gasteiger partial charge in [-0.15, -0.1) is 11.3 Å². The van der Waals surface area contributed by atoms with Crippen LogP contribution in [0.15, 0.2) is 23.8 Å². The highest BCUT2D eigenvalue weighted by Gasteiger charge is 2.18. The van der Waals surface area contributed by atoms with Gasteiger partial charge in [0.1, 0.15) is 0 Å². The summed E-state index contributed by atoms with van der Waals surface area (Å²) in [6.07, 6.45) is 13.7. The number of piperidine rings is 1. The van der Waals surface area contributed by atoms with Crippen LogP contribution >= 0.6 is 11.3 Å². The highest BCUT2D eigenvalue weighted by Crippen LogP contribution is 2.24. The van der Waals surface area contributed by atoms with E-state index in [9.17, 15) is 0 Å². The van der Waals surface area contributed by atoms with E-state index in [1.807, 2.05) is 11.3 Å². The summed E-state index contributed by atoms with van der Waals surface area (Å²) in [6.45, 7) is 2.36. The molecular formula is C16H18N2S. The Balaban J connectivity index is 1.63. The van der Waals surface area contributed by atoms with E-state index in [2.05, 4.69) is 29.6 Å². The van der Waals surface area contributed by atoms with Crippen molar-refractivity contribution in [3.63, 3.8) is 0 Å². The molecule has 1 N–H and O–H groups in total. The van der Waals surface area contributed by atoms with Gasteiger partial charge < -0.3 is 5.32 Å². The zero-order valence-corrected chi connectivity index (χ0v) is 11.8. The van der Waals surface area contributed by atoms with Crippen LogP contribution in [0.3, 0.4) is 0 Å². The maximum atomic E-state index is 4.92. The van der Waals surface area contributed by atoms with Crippen LogP contribution in [-0.2, 0) is 6.42 Å². The number of allylic oxidation sites excluding steroid dienone is 4. The van der Waals surface area contributed by atoms with Gasteiger partial charge in [0, 0.05) is 6.42 Å². The normalized spacial score (nSPS) is 21.9. The standard InChI is InChI=1S/C16H18N2S/c1-2-4-13-12(3-1)10-14-16(13)18-15(19-14)9-11-5-7-17-8-6-11/h1-3,10-11,17H,4-9H2. The molecule has 0 amide bonds. The maximum Gasteiger partial charge on any atom is 0.0941 e. The zero-order chi connectivity index (χ0) is 12.7. The number of aromatic nitrogens is 1. The molecule has 0 saturated carbocycles. The lowest BCUT2D eigenvalue weighted by molar-refractivity contribution is 0.372. The Kier molecular flexibility index (Phi) is 2.89. The van der Waals surface area contributed by atoms with Crippen molar-refractivity contribution in [1.82, 2.24) is 10.3 Å². The first-order chi connectivity index (χ1) is 9.40. The molecule has 1 aromatic heterocycles. The molecular weight excluding hydrogens is 252 g/mol. The quantitative estimate of drug-likeness (QED) is 0.881. The summed E-state index contributed by atoms with van der Waals surface area (Å²) in [5.74, 6) is 0.832. The van der Waals surface area contributed by atoms with Crippen LogP contribution in [0.1, 0.15) is 24.3 Å². The molecule has 0 spiro atoms. The van der Waals surface area contributed by atoms with Crippen molar-refractivity contribution >= 4 is 23.0 Å². The first-order valence-electron chi connectivity index (χ1n) is 7.19. The Labute approximate surface area is 117 Å². The lowest BCUT2D eigenvalue weighted by Gasteiger charge is -2.21. The Bertz CT molecular complexity index is 672. The van der Waals surface area contributed by atoms with Crippen molar-refractivity contribution < 1.29 is 0 Å². The fraction of sp³-hybridized carbons (Fsp3) is 0.438. The lowest BCUT2D eigenvalue weighted by Crippen LogP contribution is -2.28. The minimum Gasteiger partial charge on any atom is -0.317 e. The Morgan fingerprint density at radius 1 is 1.32 bits per heavy atom. The van der Waals surface area contributed by atoms with Crippen molar-refractivity contribution in [1.29, 1.82) is 0 Å². The molecule has 2 heterocycles. The van der Waals surface area contributed by atoms with E-state index in [-0.39, 0.29) is 0 Å². The number of rotatable bonds is 2. The molecule has 19 heavy (non-hydrogen) atoms. The molecule has 3 aliphatic rings. The molecule has 2 nitrogen and oxygen atoms in total. The molecule has 1 aromatic rings. The molecule has 1 saturated heterocycles. The van der Waals surface area contributed by atoms with Crippen LogP contribution in [0.4, 0.5) is 0 Å². The second kappa shape index (κ2) is 4.73. The minimum atomic E-state index is 0.832. The van der Waals surface area contributed by atoms with Gasteiger partial charge in [-0.2, -0.15) is 0 Å². The van der Waals surface area contributed by atoms with Gasteiger partial charge in [-0.25, -0.2) is 4.98 Å². The van der Waals surface area contributed by atoms with E-state index in [0.717, 1.165) is 12.3 Å². The second-order valence-electron chi connectivity index (χ2n) is 5.60. The fourth-order valence-corrected chi connectivity index (χ4v) is 4.36. The maximum absolute atomic E-state index is 4.92. The average Bonchev–Trinajstić information content (AvgIpc) is 2.97. The Morgan fingerprint density at radius 3 is 3.11 bits per heavy atom. The highest BCUT2D eigenvalue weighted by molar-refractivity contribution is 7.09. The summed E-state index contributed by atoms with van der Waals surface area (Å²) in [7, 11) is 0. The van der Waals surface area contributed by atoms with Gasteiger partial charge >= 0.3 is 0 Å². The van der Waals surface area contributed by atoms with Gasteiger partial charge in [-0.05, 0) is 55.5 Å². The summed E-state index contributed by atoms with van der Waals surface area (Å²) in [5, 5.41) is 6.04. The van der Waals surface area contributed by atoms with Gasteiger partial charge in [0.05, 0.1) is 14.9 Å². The third-order valence-corrected chi connectivity index (χ3v) is 5.30. The molecule has 0 atom stereocenters. The lowest BCUT2D eigenvalue weighted by atomic mass is 9.95. The molecule has 0 bridgehead atoms. The molecule has 3 heteroatoms. The van der Waals surface area contributed by atoms with Crippen LogP contribution < -0.4 is 15.2 Å². The molecule has 4 rings (SSSR count). The smallest absolute Gasteiger partial charge is 0.0941 e. The topological polar surface area (TPSA) is 24.9 Å². The van der Waals surface area contributed by atoms with Gasteiger partial charge in [0.2, 0.25) is 0 Å². The number of hydrogen-bond donors (Lipinski definition) is 1. The molecule has 0 radical (unpaired) electrons. The van der Waals surface area contributed by atoms with E-state index in [1.54, 1.807) is 0 Å². The Morgan fingerprint density at radius 2 is 2.21 bits per heavy atom. The predicted molar refractivity (Wildman–Crippen MR) is 80.4 cm³/mol. The summed E-state index contributed by atoms with van der Waals surface area (Å²) in [5.41, 5.74) is 2.81. The van der Waals surface area contributed by atoms with Crippen LogP contribution in [0, 0.1) is 5.92 Å². The predicted octanol–water partition coefficient (Wildman–Crippen LogP) is 1.52. The Hall–Kier alpha value is -1.19. The fourth-order valence-electron chi connectivity index (χ4n) is 3.20. The zero-order valence-electron chi connectivity index (χ0n) is 11.0. The van der Waals surface area contributed by atoms with Gasteiger partial charge in [-0.1, -0.05) is 18.2 Å². The summed E-state index contributed by atoms with van der Waals surface area (Å²) in [4.78, 5) is 4.92. The number of hydrogen-bond acceptors (Lipinski definition) is 3. The first-order valence-corrected chi connectivity index (χ1v) is 8.00. The molecule has 0 aromatic carbocycles. The number of fused-ring (bicyclic) bond motifs is 2. The third-order valence-electron chi connectivity index (χ3n) is 4.27. The summed E-state index contributed by atoms with van der Waals surface area (Å²) >= 11 is 1.91. The number of nitrogens with one attached hydrogen (secondary N) is 1. The van der Waals surface area contributed by atoms with Crippen LogP contribution in [-0.4, -0.2) is 18.1 Å².